The van der Waals surface area contributed by atoms with Crippen LogP contribution in [0.25, 0.3) is 0 Å². The fourth-order valence-corrected chi connectivity index (χ4v) is 4.51. The smallest absolute Gasteiger partial charge is 0.315 e. The molecule has 0 aromatic heterocycles. The van der Waals surface area contributed by atoms with E-state index in [1.807, 2.05) is 31.2 Å². The Labute approximate surface area is 161 Å². The lowest BCUT2D eigenvalue weighted by Gasteiger charge is -2.35. The van der Waals surface area contributed by atoms with Gasteiger partial charge in [0, 0.05) is 32.9 Å². The van der Waals surface area contributed by atoms with Crippen molar-refractivity contribution in [2.75, 3.05) is 6.61 Å². The summed E-state index contributed by atoms with van der Waals surface area (Å²) in [6, 6.07) is 7.97. The number of allylic oxidation sites excluding steroid dienone is 2. The van der Waals surface area contributed by atoms with E-state index < -0.39 is 5.92 Å². The summed E-state index contributed by atoms with van der Waals surface area (Å²) in [4.78, 5) is 30.3. The summed E-state index contributed by atoms with van der Waals surface area (Å²) in [7, 11) is 0. The predicted octanol–water partition coefficient (Wildman–Crippen LogP) is 4.43. The number of ether oxygens (including phenoxy) is 1. The number of hydrogen-bond acceptors (Lipinski definition) is 4. The van der Waals surface area contributed by atoms with Crippen molar-refractivity contribution >= 4 is 40.1 Å². The number of benzene rings is 1. The van der Waals surface area contributed by atoms with Gasteiger partial charge in [0.1, 0.15) is 5.92 Å². The normalized spacial score (nSPS) is 23.2. The first-order valence-corrected chi connectivity index (χ1v) is 9.91. The van der Waals surface area contributed by atoms with Gasteiger partial charge in [-0.05, 0) is 60.4 Å². The second kappa shape index (κ2) is 7.81. The molecule has 1 aromatic rings. The van der Waals surface area contributed by atoms with Crippen molar-refractivity contribution in [2.24, 2.45) is 10.9 Å². The molecule has 0 saturated carbocycles. The number of nitrogens with zero attached hydrogens (tertiary/aromatic N) is 1. The molecule has 1 aliphatic heterocycles. The summed E-state index contributed by atoms with van der Waals surface area (Å²) in [5.41, 5.74) is 3.45. The zero-order chi connectivity index (χ0) is 18.0. The number of rotatable bonds is 4. The highest BCUT2D eigenvalue weighted by Crippen LogP contribution is 2.45. The number of carbonyl (C=O) groups is 2. The molecule has 5 heteroatoms. The highest BCUT2D eigenvalue weighted by molar-refractivity contribution is 14.1. The molecule has 0 N–H and O–H groups in total. The summed E-state index contributed by atoms with van der Waals surface area (Å²) in [6.07, 6.45) is 2.85. The lowest BCUT2D eigenvalue weighted by molar-refractivity contribution is -0.146. The maximum absolute atomic E-state index is 12.8. The van der Waals surface area contributed by atoms with Crippen LogP contribution in [0.1, 0.15) is 51.0 Å². The minimum absolute atomic E-state index is 0.124. The van der Waals surface area contributed by atoms with E-state index in [4.69, 9.17) is 9.73 Å². The molecule has 1 aliphatic carbocycles. The molecule has 1 heterocycles. The molecule has 1 unspecified atom stereocenters. The molecular weight excluding hydrogens is 429 g/mol. The van der Waals surface area contributed by atoms with Crippen molar-refractivity contribution in [3.63, 3.8) is 0 Å². The number of carbonyl (C=O) groups excluding carboxylic acids is 2. The molecule has 0 bridgehead atoms. The van der Waals surface area contributed by atoms with Gasteiger partial charge in [-0.3, -0.25) is 14.6 Å². The monoisotopic (exact) mass is 451 g/mol. The highest BCUT2D eigenvalue weighted by atomic mass is 127. The molecule has 4 nitrogen and oxygen atoms in total. The Hall–Kier alpha value is -1.50. The van der Waals surface area contributed by atoms with Crippen LogP contribution in [-0.4, -0.2) is 24.1 Å². The van der Waals surface area contributed by atoms with E-state index >= 15 is 0 Å². The molecule has 1 aromatic carbocycles. The number of hydrogen-bond donors (Lipinski definition) is 0. The van der Waals surface area contributed by atoms with Crippen molar-refractivity contribution in [1.82, 2.24) is 0 Å². The third kappa shape index (κ3) is 3.43. The van der Waals surface area contributed by atoms with Crippen LogP contribution in [0.15, 0.2) is 40.5 Å². The Morgan fingerprint density at radius 3 is 2.72 bits per heavy atom. The van der Waals surface area contributed by atoms with Gasteiger partial charge in [0.15, 0.2) is 5.78 Å². The van der Waals surface area contributed by atoms with Crippen LogP contribution in [-0.2, 0) is 14.3 Å². The van der Waals surface area contributed by atoms with E-state index in [1.165, 1.54) is 0 Å². The zero-order valence-corrected chi connectivity index (χ0v) is 16.7. The third-order valence-corrected chi connectivity index (χ3v) is 5.84. The molecular formula is C20H22INO3. The second-order valence-corrected chi connectivity index (χ2v) is 7.48. The largest absolute Gasteiger partial charge is 0.465 e. The number of ketones is 1. The maximum atomic E-state index is 12.8. The van der Waals surface area contributed by atoms with Gasteiger partial charge >= 0.3 is 5.97 Å². The molecule has 0 saturated heterocycles. The van der Waals surface area contributed by atoms with Crippen molar-refractivity contribution in [1.29, 1.82) is 0 Å². The Morgan fingerprint density at radius 1 is 1.28 bits per heavy atom. The Kier molecular flexibility index (Phi) is 5.71. The first kappa shape index (κ1) is 18.3. The van der Waals surface area contributed by atoms with E-state index in [0.717, 1.165) is 39.0 Å². The SMILES string of the molecule is CCOC(=O)C1C(CC)=NC2=C(C(=O)CCC2)[C@@H]1c1ccccc1I. The van der Waals surface area contributed by atoms with Crippen LogP contribution in [0.5, 0.6) is 0 Å². The standard InChI is InChI=1S/C20H22INO3/c1-3-14-19(20(24)25-4-2)17(12-8-5-6-9-13(12)21)18-15(22-14)10-7-11-16(18)23/h5-6,8-9,17,19H,3-4,7,10-11H2,1-2H3/t17-,19?/m0/s1. The molecule has 2 aliphatic rings. The molecule has 2 atom stereocenters. The van der Waals surface area contributed by atoms with Gasteiger partial charge in [-0.2, -0.15) is 0 Å². The van der Waals surface area contributed by atoms with Gasteiger partial charge in [0.05, 0.1) is 6.61 Å². The van der Waals surface area contributed by atoms with Gasteiger partial charge in [-0.15, -0.1) is 0 Å². The molecule has 0 fully saturated rings. The van der Waals surface area contributed by atoms with Crippen molar-refractivity contribution in [2.45, 2.75) is 45.4 Å². The topological polar surface area (TPSA) is 55.7 Å². The summed E-state index contributed by atoms with van der Waals surface area (Å²) < 4.78 is 6.42. The van der Waals surface area contributed by atoms with Crippen LogP contribution >= 0.6 is 22.6 Å². The molecule has 0 spiro atoms. The molecule has 25 heavy (non-hydrogen) atoms. The van der Waals surface area contributed by atoms with Crippen molar-refractivity contribution < 1.29 is 14.3 Å². The lowest BCUT2D eigenvalue weighted by atomic mass is 9.71. The first-order valence-electron chi connectivity index (χ1n) is 8.83. The van der Waals surface area contributed by atoms with E-state index in [0.29, 0.717) is 19.4 Å². The fraction of sp³-hybridized carbons (Fsp3) is 0.450. The van der Waals surface area contributed by atoms with Crippen LogP contribution in [0, 0.1) is 9.49 Å². The number of aliphatic imine (C=N–C) groups is 1. The zero-order valence-electron chi connectivity index (χ0n) is 14.5. The minimum atomic E-state index is -0.512. The van der Waals surface area contributed by atoms with Gasteiger partial charge in [0.2, 0.25) is 0 Å². The van der Waals surface area contributed by atoms with Crippen LogP contribution in [0.2, 0.25) is 0 Å². The summed E-state index contributed by atoms with van der Waals surface area (Å²) in [5.74, 6) is -0.958. The summed E-state index contributed by atoms with van der Waals surface area (Å²) in [5, 5.41) is 0. The third-order valence-electron chi connectivity index (χ3n) is 4.85. The Balaban J connectivity index is 2.20. The van der Waals surface area contributed by atoms with Crippen LogP contribution < -0.4 is 0 Å². The van der Waals surface area contributed by atoms with E-state index in [2.05, 4.69) is 22.6 Å². The lowest BCUT2D eigenvalue weighted by Crippen LogP contribution is -2.38. The first-order chi connectivity index (χ1) is 12.1. The van der Waals surface area contributed by atoms with Gasteiger partial charge in [-0.25, -0.2) is 0 Å². The Bertz CT molecular complexity index is 766. The highest BCUT2D eigenvalue weighted by Gasteiger charge is 2.44. The van der Waals surface area contributed by atoms with E-state index in [9.17, 15) is 9.59 Å². The van der Waals surface area contributed by atoms with Gasteiger partial charge in [-0.1, -0.05) is 25.1 Å². The van der Waals surface area contributed by atoms with E-state index in [-0.39, 0.29) is 17.7 Å². The van der Waals surface area contributed by atoms with Crippen LogP contribution in [0.3, 0.4) is 0 Å². The fourth-order valence-electron chi connectivity index (χ4n) is 3.78. The second-order valence-electron chi connectivity index (χ2n) is 6.32. The molecule has 3 rings (SSSR count). The molecule has 0 amide bonds. The Morgan fingerprint density at radius 2 is 2.04 bits per heavy atom. The summed E-state index contributed by atoms with van der Waals surface area (Å²) >= 11 is 2.28. The maximum Gasteiger partial charge on any atom is 0.315 e. The number of Topliss-reactive ketones (excluding diaryl/α,β-unsaturated/α-hetero) is 1. The average Bonchev–Trinajstić information content (AvgIpc) is 2.61. The van der Waals surface area contributed by atoms with Crippen molar-refractivity contribution in [3.8, 4) is 0 Å². The van der Waals surface area contributed by atoms with Crippen LogP contribution in [0.4, 0.5) is 0 Å². The molecule has 132 valence electrons. The van der Waals surface area contributed by atoms with Crippen molar-refractivity contribution in [3.05, 3.63) is 44.7 Å². The van der Waals surface area contributed by atoms with Gasteiger partial charge in [0.25, 0.3) is 0 Å². The summed E-state index contributed by atoms with van der Waals surface area (Å²) in [6.45, 7) is 4.14. The quantitative estimate of drug-likeness (QED) is 0.503. The number of halogens is 1. The number of esters is 1. The predicted molar refractivity (Wildman–Crippen MR) is 106 cm³/mol. The minimum Gasteiger partial charge on any atom is -0.465 e. The average molecular weight is 451 g/mol. The van der Waals surface area contributed by atoms with E-state index in [1.54, 1.807) is 6.92 Å². The molecule has 0 radical (unpaired) electrons. The van der Waals surface area contributed by atoms with Gasteiger partial charge < -0.3 is 4.74 Å².